The Balaban J connectivity index is 1.78. The lowest BCUT2D eigenvalue weighted by Gasteiger charge is -2.29. The van der Waals surface area contributed by atoms with Gasteiger partial charge in [0.1, 0.15) is 0 Å². The predicted molar refractivity (Wildman–Crippen MR) is 93.9 cm³/mol. The maximum absolute atomic E-state index is 12.1. The molecule has 1 fully saturated rings. The van der Waals surface area contributed by atoms with Crippen molar-refractivity contribution in [1.29, 1.82) is 5.26 Å². The van der Waals surface area contributed by atoms with Gasteiger partial charge in [-0.05, 0) is 18.2 Å². The number of rotatable bonds is 7. The van der Waals surface area contributed by atoms with Gasteiger partial charge in [-0.2, -0.15) is 5.26 Å². The lowest BCUT2D eigenvalue weighted by molar-refractivity contribution is -0.129. The maximum atomic E-state index is 12.1. The Morgan fingerprint density at radius 2 is 2.08 bits per heavy atom. The molecule has 1 aliphatic rings. The number of nitriles is 1. The molecule has 1 aliphatic heterocycles. The van der Waals surface area contributed by atoms with E-state index in [9.17, 15) is 9.59 Å². The third-order valence-corrected chi connectivity index (χ3v) is 4.12. The summed E-state index contributed by atoms with van der Waals surface area (Å²) in [6.45, 7) is 6.50. The first kappa shape index (κ1) is 18.9. The zero-order chi connectivity index (χ0) is 18.1. The van der Waals surface area contributed by atoms with Crippen LogP contribution in [0.15, 0.2) is 24.3 Å². The maximum Gasteiger partial charge on any atom is 0.226 e. The summed E-state index contributed by atoms with van der Waals surface area (Å²) in [6, 6.07) is 8.80. The summed E-state index contributed by atoms with van der Waals surface area (Å²) >= 11 is 0. The highest BCUT2D eigenvalue weighted by atomic mass is 16.5. The summed E-state index contributed by atoms with van der Waals surface area (Å²) in [5.74, 6) is -0.208. The van der Waals surface area contributed by atoms with E-state index in [0.717, 1.165) is 32.8 Å². The van der Waals surface area contributed by atoms with Crippen molar-refractivity contribution in [3.8, 4) is 6.07 Å². The van der Waals surface area contributed by atoms with Crippen molar-refractivity contribution in [2.45, 2.75) is 13.3 Å². The molecule has 0 unspecified atom stereocenters. The quantitative estimate of drug-likeness (QED) is 0.800. The minimum absolute atomic E-state index is 0.0347. The van der Waals surface area contributed by atoms with Crippen LogP contribution >= 0.6 is 0 Å². The van der Waals surface area contributed by atoms with E-state index in [-0.39, 0.29) is 18.2 Å². The molecule has 0 spiro atoms. The topological polar surface area (TPSA) is 85.7 Å². The molecule has 0 aromatic heterocycles. The van der Waals surface area contributed by atoms with E-state index in [1.807, 2.05) is 6.07 Å². The van der Waals surface area contributed by atoms with E-state index in [1.165, 1.54) is 6.92 Å². The van der Waals surface area contributed by atoms with Gasteiger partial charge < -0.3 is 15.0 Å². The van der Waals surface area contributed by atoms with Crippen LogP contribution in [0.2, 0.25) is 0 Å². The van der Waals surface area contributed by atoms with E-state index in [4.69, 9.17) is 10.00 Å². The third-order valence-electron chi connectivity index (χ3n) is 4.12. The normalized spacial score (nSPS) is 14.6. The second kappa shape index (κ2) is 9.77. The molecule has 25 heavy (non-hydrogen) atoms. The monoisotopic (exact) mass is 344 g/mol. The van der Waals surface area contributed by atoms with Crippen LogP contribution in [-0.2, 0) is 14.3 Å². The molecule has 0 atom stereocenters. The summed E-state index contributed by atoms with van der Waals surface area (Å²) in [4.78, 5) is 27.8. The van der Waals surface area contributed by atoms with E-state index in [1.54, 1.807) is 29.2 Å². The van der Waals surface area contributed by atoms with E-state index in [0.29, 0.717) is 24.3 Å². The Labute approximate surface area is 148 Å². The molecule has 2 amide bonds. The molecule has 0 bridgehead atoms. The van der Waals surface area contributed by atoms with Crippen LogP contribution in [-0.4, -0.2) is 67.6 Å². The first-order valence-corrected chi connectivity index (χ1v) is 8.44. The summed E-state index contributed by atoms with van der Waals surface area (Å²) in [7, 11) is 0. The molecule has 7 heteroatoms. The summed E-state index contributed by atoms with van der Waals surface area (Å²) < 4.78 is 5.31. The summed E-state index contributed by atoms with van der Waals surface area (Å²) in [6.07, 6.45) is 0.222. The Kier molecular flexibility index (Phi) is 7.38. The van der Waals surface area contributed by atoms with Gasteiger partial charge in [-0.1, -0.05) is 6.07 Å². The number of morpholine rings is 1. The highest BCUT2D eigenvalue weighted by Crippen LogP contribution is 2.10. The van der Waals surface area contributed by atoms with Crippen LogP contribution in [0.25, 0.3) is 0 Å². The molecular weight excluding hydrogens is 320 g/mol. The second-order valence-corrected chi connectivity index (χ2v) is 5.95. The van der Waals surface area contributed by atoms with Crippen LogP contribution in [0.1, 0.15) is 18.9 Å². The third kappa shape index (κ3) is 6.53. The summed E-state index contributed by atoms with van der Waals surface area (Å²) in [5, 5.41) is 11.6. The number of nitrogens with zero attached hydrogens (tertiary/aromatic N) is 3. The van der Waals surface area contributed by atoms with Crippen LogP contribution < -0.4 is 5.32 Å². The Hall–Kier alpha value is -2.43. The average Bonchev–Trinajstić information content (AvgIpc) is 2.62. The minimum Gasteiger partial charge on any atom is -0.379 e. The molecular formula is C18H24N4O3. The van der Waals surface area contributed by atoms with Crippen molar-refractivity contribution >= 4 is 17.5 Å². The van der Waals surface area contributed by atoms with Gasteiger partial charge in [-0.25, -0.2) is 0 Å². The number of carbonyl (C=O) groups excluding carboxylic acids is 2. The van der Waals surface area contributed by atoms with Crippen molar-refractivity contribution in [3.63, 3.8) is 0 Å². The average molecular weight is 344 g/mol. The van der Waals surface area contributed by atoms with Gasteiger partial charge in [0.2, 0.25) is 11.8 Å². The number of nitrogens with one attached hydrogen (secondary N) is 1. The predicted octanol–water partition coefficient (Wildman–Crippen LogP) is 1.07. The molecule has 1 aromatic rings. The number of amides is 2. The minimum atomic E-state index is -0.173. The van der Waals surface area contributed by atoms with Crippen LogP contribution in [0, 0.1) is 11.3 Å². The number of anilines is 1. The van der Waals surface area contributed by atoms with Gasteiger partial charge in [0.05, 0.1) is 24.8 Å². The van der Waals surface area contributed by atoms with Crippen LogP contribution in [0.5, 0.6) is 0 Å². The van der Waals surface area contributed by atoms with Crippen molar-refractivity contribution < 1.29 is 14.3 Å². The lowest BCUT2D eigenvalue weighted by atomic mass is 10.2. The Bertz CT molecular complexity index is 635. The molecule has 2 rings (SSSR count). The first-order chi connectivity index (χ1) is 12.1. The van der Waals surface area contributed by atoms with Gasteiger partial charge in [-0.15, -0.1) is 0 Å². The fraction of sp³-hybridized carbons (Fsp3) is 0.500. The molecule has 1 saturated heterocycles. The van der Waals surface area contributed by atoms with Gasteiger partial charge in [0.15, 0.2) is 0 Å². The molecule has 0 saturated carbocycles. The first-order valence-electron chi connectivity index (χ1n) is 8.44. The van der Waals surface area contributed by atoms with Crippen LogP contribution in [0.3, 0.4) is 0 Å². The van der Waals surface area contributed by atoms with Crippen molar-refractivity contribution in [2.24, 2.45) is 0 Å². The number of hydrogen-bond acceptors (Lipinski definition) is 5. The second-order valence-electron chi connectivity index (χ2n) is 5.95. The molecule has 1 heterocycles. The smallest absolute Gasteiger partial charge is 0.226 e. The van der Waals surface area contributed by atoms with E-state index >= 15 is 0 Å². The fourth-order valence-corrected chi connectivity index (χ4v) is 2.64. The lowest BCUT2D eigenvalue weighted by Crippen LogP contribution is -2.43. The van der Waals surface area contributed by atoms with Crippen molar-refractivity contribution in [2.75, 3.05) is 51.3 Å². The van der Waals surface area contributed by atoms with Crippen molar-refractivity contribution in [3.05, 3.63) is 29.8 Å². The molecule has 1 aromatic carbocycles. The Morgan fingerprint density at radius 1 is 1.32 bits per heavy atom. The standard InChI is InChI=1S/C18H24N4O3/c1-15(23)22(8-7-21-9-11-25-12-10-21)6-5-18(24)20-17-4-2-3-16(13-17)14-19/h2-4,13H,5-12H2,1H3,(H,20,24). The van der Waals surface area contributed by atoms with E-state index < -0.39 is 0 Å². The molecule has 0 aliphatic carbocycles. The summed E-state index contributed by atoms with van der Waals surface area (Å²) in [5.41, 5.74) is 1.08. The van der Waals surface area contributed by atoms with Gasteiger partial charge in [-0.3, -0.25) is 14.5 Å². The molecule has 7 nitrogen and oxygen atoms in total. The Morgan fingerprint density at radius 3 is 2.76 bits per heavy atom. The van der Waals surface area contributed by atoms with Gasteiger partial charge in [0.25, 0.3) is 0 Å². The molecule has 1 N–H and O–H groups in total. The number of ether oxygens (including phenoxy) is 1. The van der Waals surface area contributed by atoms with Gasteiger partial charge >= 0.3 is 0 Å². The number of benzene rings is 1. The highest BCUT2D eigenvalue weighted by molar-refractivity contribution is 5.91. The molecule has 0 radical (unpaired) electrons. The fourth-order valence-electron chi connectivity index (χ4n) is 2.64. The van der Waals surface area contributed by atoms with E-state index in [2.05, 4.69) is 10.2 Å². The molecule has 134 valence electrons. The van der Waals surface area contributed by atoms with Crippen LogP contribution in [0.4, 0.5) is 5.69 Å². The zero-order valence-electron chi connectivity index (χ0n) is 14.5. The van der Waals surface area contributed by atoms with Crippen molar-refractivity contribution in [1.82, 2.24) is 9.80 Å². The van der Waals surface area contributed by atoms with Gasteiger partial charge in [0, 0.05) is 51.8 Å². The number of hydrogen-bond donors (Lipinski definition) is 1. The highest BCUT2D eigenvalue weighted by Gasteiger charge is 2.15. The zero-order valence-corrected chi connectivity index (χ0v) is 14.5. The number of carbonyl (C=O) groups is 2. The SMILES string of the molecule is CC(=O)N(CCC(=O)Nc1cccc(C#N)c1)CCN1CCOCC1. The largest absolute Gasteiger partial charge is 0.379 e.